The standard InChI is InChI=1S/C12H20N2O2/c1-3-12(2,9-13)11(16)14-6-4-10(8-14)5-7-15/h10,15H,3-8H2,1-2H3. The van der Waals surface area contributed by atoms with E-state index >= 15 is 0 Å². The minimum atomic E-state index is -0.881. The fraction of sp³-hybridized carbons (Fsp3) is 0.833. The predicted molar refractivity (Wildman–Crippen MR) is 60.4 cm³/mol. The van der Waals surface area contributed by atoms with Crippen LogP contribution in [0.15, 0.2) is 0 Å². The first kappa shape index (κ1) is 13.0. The van der Waals surface area contributed by atoms with Crippen LogP contribution in [0.1, 0.15) is 33.1 Å². The average molecular weight is 224 g/mol. The van der Waals surface area contributed by atoms with E-state index in [-0.39, 0.29) is 12.5 Å². The van der Waals surface area contributed by atoms with Crippen LogP contribution in [-0.2, 0) is 4.79 Å². The molecule has 1 aliphatic heterocycles. The number of nitrogens with zero attached hydrogens (tertiary/aromatic N) is 2. The van der Waals surface area contributed by atoms with Gasteiger partial charge in [0.2, 0.25) is 5.91 Å². The molecule has 0 aromatic carbocycles. The Hall–Kier alpha value is -1.08. The van der Waals surface area contributed by atoms with Gasteiger partial charge in [-0.2, -0.15) is 5.26 Å². The summed E-state index contributed by atoms with van der Waals surface area (Å²) in [6.45, 7) is 5.16. The van der Waals surface area contributed by atoms with Crippen LogP contribution < -0.4 is 0 Å². The summed E-state index contributed by atoms with van der Waals surface area (Å²) in [6.07, 6.45) is 2.24. The lowest BCUT2D eigenvalue weighted by Gasteiger charge is -2.25. The van der Waals surface area contributed by atoms with E-state index in [9.17, 15) is 4.79 Å². The van der Waals surface area contributed by atoms with Gasteiger partial charge in [-0.25, -0.2) is 0 Å². The van der Waals surface area contributed by atoms with E-state index in [0.29, 0.717) is 18.9 Å². The van der Waals surface area contributed by atoms with Crippen molar-refractivity contribution >= 4 is 5.91 Å². The number of carbonyl (C=O) groups is 1. The van der Waals surface area contributed by atoms with Gasteiger partial charge in [-0.05, 0) is 32.1 Å². The third kappa shape index (κ3) is 2.53. The topological polar surface area (TPSA) is 64.3 Å². The highest BCUT2D eigenvalue weighted by Gasteiger charge is 2.38. The van der Waals surface area contributed by atoms with Gasteiger partial charge in [0.05, 0.1) is 6.07 Å². The fourth-order valence-corrected chi connectivity index (χ4v) is 2.06. The molecule has 1 rings (SSSR count). The number of hydrogen-bond donors (Lipinski definition) is 1. The highest BCUT2D eigenvalue weighted by molar-refractivity contribution is 5.85. The number of aliphatic hydroxyl groups is 1. The molecule has 2 atom stereocenters. The van der Waals surface area contributed by atoms with E-state index in [1.54, 1.807) is 11.8 Å². The third-order valence-corrected chi connectivity index (χ3v) is 3.54. The minimum absolute atomic E-state index is 0.0575. The number of nitriles is 1. The van der Waals surface area contributed by atoms with Crippen molar-refractivity contribution in [1.29, 1.82) is 5.26 Å². The summed E-state index contributed by atoms with van der Waals surface area (Å²) >= 11 is 0. The number of carbonyl (C=O) groups excluding carboxylic acids is 1. The molecule has 1 heterocycles. The summed E-state index contributed by atoms with van der Waals surface area (Å²) in [5.74, 6) is 0.340. The monoisotopic (exact) mass is 224 g/mol. The molecule has 4 nitrogen and oxygen atoms in total. The van der Waals surface area contributed by atoms with Gasteiger partial charge in [0.15, 0.2) is 0 Å². The number of aliphatic hydroxyl groups excluding tert-OH is 1. The Morgan fingerprint density at radius 1 is 1.69 bits per heavy atom. The van der Waals surface area contributed by atoms with Crippen molar-refractivity contribution in [3.05, 3.63) is 0 Å². The van der Waals surface area contributed by atoms with Crippen LogP contribution in [0.3, 0.4) is 0 Å². The van der Waals surface area contributed by atoms with Crippen molar-refractivity contribution in [1.82, 2.24) is 4.90 Å². The summed E-state index contributed by atoms with van der Waals surface area (Å²) in [7, 11) is 0. The van der Waals surface area contributed by atoms with E-state index in [1.807, 2.05) is 6.92 Å². The first-order valence-electron chi connectivity index (χ1n) is 5.89. The van der Waals surface area contributed by atoms with Crippen LogP contribution in [0.5, 0.6) is 0 Å². The molecule has 0 aromatic heterocycles. The quantitative estimate of drug-likeness (QED) is 0.779. The summed E-state index contributed by atoms with van der Waals surface area (Å²) in [5.41, 5.74) is -0.881. The van der Waals surface area contributed by atoms with Gasteiger partial charge >= 0.3 is 0 Å². The average Bonchev–Trinajstić information content (AvgIpc) is 2.76. The highest BCUT2D eigenvalue weighted by atomic mass is 16.3. The first-order chi connectivity index (χ1) is 7.57. The normalized spacial score (nSPS) is 23.9. The van der Waals surface area contributed by atoms with Crippen molar-refractivity contribution in [2.75, 3.05) is 19.7 Å². The zero-order valence-electron chi connectivity index (χ0n) is 10.1. The summed E-state index contributed by atoms with van der Waals surface area (Å²) in [4.78, 5) is 13.9. The van der Waals surface area contributed by atoms with Crippen LogP contribution in [0, 0.1) is 22.7 Å². The van der Waals surface area contributed by atoms with Crippen molar-refractivity contribution in [3.8, 4) is 6.07 Å². The van der Waals surface area contributed by atoms with E-state index < -0.39 is 5.41 Å². The second-order valence-corrected chi connectivity index (χ2v) is 4.72. The molecule has 1 amide bonds. The largest absolute Gasteiger partial charge is 0.396 e. The summed E-state index contributed by atoms with van der Waals surface area (Å²) in [6, 6.07) is 2.11. The molecule has 4 heteroatoms. The Labute approximate surface area is 96.9 Å². The Bertz CT molecular complexity index is 298. The molecule has 2 unspecified atom stereocenters. The molecule has 90 valence electrons. The Morgan fingerprint density at radius 2 is 2.38 bits per heavy atom. The van der Waals surface area contributed by atoms with Crippen LogP contribution in [-0.4, -0.2) is 35.6 Å². The second kappa shape index (κ2) is 5.31. The first-order valence-corrected chi connectivity index (χ1v) is 5.89. The molecule has 0 spiro atoms. The SMILES string of the molecule is CCC(C)(C#N)C(=O)N1CCC(CCO)C1. The molecule has 0 bridgehead atoms. The van der Waals surface area contributed by atoms with Gasteiger partial charge in [-0.3, -0.25) is 4.79 Å². The highest BCUT2D eigenvalue weighted by Crippen LogP contribution is 2.27. The molecule has 0 aliphatic carbocycles. The van der Waals surface area contributed by atoms with Gasteiger partial charge in [-0.1, -0.05) is 6.92 Å². The lowest BCUT2D eigenvalue weighted by atomic mass is 9.88. The summed E-state index contributed by atoms with van der Waals surface area (Å²) in [5, 5.41) is 17.9. The third-order valence-electron chi connectivity index (χ3n) is 3.54. The van der Waals surface area contributed by atoms with Gasteiger partial charge < -0.3 is 10.0 Å². The molecule has 1 N–H and O–H groups in total. The molecule has 16 heavy (non-hydrogen) atoms. The van der Waals surface area contributed by atoms with E-state index in [1.165, 1.54) is 0 Å². The molecular formula is C12H20N2O2. The van der Waals surface area contributed by atoms with Crippen LogP contribution in [0.4, 0.5) is 0 Å². The second-order valence-electron chi connectivity index (χ2n) is 4.72. The van der Waals surface area contributed by atoms with Crippen LogP contribution >= 0.6 is 0 Å². The van der Waals surface area contributed by atoms with E-state index in [2.05, 4.69) is 6.07 Å². The number of likely N-dealkylation sites (tertiary alicyclic amines) is 1. The molecule has 1 saturated heterocycles. The van der Waals surface area contributed by atoms with Gasteiger partial charge in [0, 0.05) is 19.7 Å². The molecular weight excluding hydrogens is 204 g/mol. The Morgan fingerprint density at radius 3 is 2.88 bits per heavy atom. The minimum Gasteiger partial charge on any atom is -0.396 e. The zero-order valence-corrected chi connectivity index (χ0v) is 10.1. The maximum atomic E-state index is 12.1. The molecule has 1 aliphatic rings. The van der Waals surface area contributed by atoms with Gasteiger partial charge in [-0.15, -0.1) is 0 Å². The predicted octanol–water partition coefficient (Wildman–Crippen LogP) is 1.16. The summed E-state index contributed by atoms with van der Waals surface area (Å²) < 4.78 is 0. The lowest BCUT2D eigenvalue weighted by molar-refractivity contribution is -0.137. The maximum Gasteiger partial charge on any atom is 0.242 e. The van der Waals surface area contributed by atoms with Crippen molar-refractivity contribution in [2.24, 2.45) is 11.3 Å². The van der Waals surface area contributed by atoms with E-state index in [0.717, 1.165) is 19.4 Å². The van der Waals surface area contributed by atoms with Crippen molar-refractivity contribution in [2.45, 2.75) is 33.1 Å². The van der Waals surface area contributed by atoms with Crippen LogP contribution in [0.2, 0.25) is 0 Å². The number of amides is 1. The smallest absolute Gasteiger partial charge is 0.242 e. The van der Waals surface area contributed by atoms with E-state index in [4.69, 9.17) is 10.4 Å². The van der Waals surface area contributed by atoms with Gasteiger partial charge in [0.25, 0.3) is 0 Å². The number of rotatable bonds is 4. The molecule has 0 radical (unpaired) electrons. The number of hydrogen-bond acceptors (Lipinski definition) is 3. The molecule has 1 fully saturated rings. The zero-order chi connectivity index (χ0) is 12.2. The Balaban J connectivity index is 2.61. The maximum absolute atomic E-state index is 12.1. The lowest BCUT2D eigenvalue weighted by Crippen LogP contribution is -2.40. The molecule has 0 aromatic rings. The molecule has 0 saturated carbocycles. The fourth-order valence-electron chi connectivity index (χ4n) is 2.06. The van der Waals surface area contributed by atoms with Crippen LogP contribution in [0.25, 0.3) is 0 Å². The Kier molecular flexibility index (Phi) is 4.31. The van der Waals surface area contributed by atoms with Crippen molar-refractivity contribution in [3.63, 3.8) is 0 Å². The van der Waals surface area contributed by atoms with Crippen molar-refractivity contribution < 1.29 is 9.90 Å². The van der Waals surface area contributed by atoms with Gasteiger partial charge in [0.1, 0.15) is 5.41 Å².